The first-order valence-electron chi connectivity index (χ1n) is 27.5. The Hall–Kier alpha value is -4.48. The second kappa shape index (κ2) is 57.8. The van der Waals surface area contributed by atoms with Crippen LogP contribution in [-0.2, 0) is 19.1 Å². The molecule has 0 fully saturated rings. The van der Waals surface area contributed by atoms with E-state index in [2.05, 4.69) is 172 Å². The Morgan fingerprint density at radius 3 is 0.957 bits per heavy atom. The summed E-state index contributed by atoms with van der Waals surface area (Å²) in [6.45, 7) is 3.96. The topological polar surface area (TPSA) is 72.8 Å². The molecule has 0 heterocycles. The lowest BCUT2D eigenvalue weighted by Crippen LogP contribution is -2.28. The Morgan fingerprint density at radius 2 is 0.623 bits per heavy atom. The smallest absolute Gasteiger partial charge is 0.306 e. The van der Waals surface area contributed by atoms with Crippen LogP contribution in [0.25, 0.3) is 0 Å². The largest absolute Gasteiger partial charge is 0.462 e. The van der Waals surface area contributed by atoms with E-state index < -0.39 is 6.10 Å². The van der Waals surface area contributed by atoms with E-state index in [1.54, 1.807) is 0 Å². The molecule has 0 aliphatic carbocycles. The van der Waals surface area contributed by atoms with Crippen LogP contribution >= 0.6 is 0 Å². The molecule has 1 N–H and O–H groups in total. The van der Waals surface area contributed by atoms with Gasteiger partial charge < -0.3 is 14.6 Å². The van der Waals surface area contributed by atoms with Gasteiger partial charge in [0.25, 0.3) is 0 Å². The van der Waals surface area contributed by atoms with Crippen molar-refractivity contribution in [1.82, 2.24) is 0 Å². The Morgan fingerprint density at radius 1 is 0.348 bits per heavy atom. The Labute approximate surface area is 424 Å². The van der Waals surface area contributed by atoms with Crippen LogP contribution in [0, 0.1) is 0 Å². The predicted octanol–water partition coefficient (Wildman–Crippen LogP) is 18.8. The fraction of sp³-hybridized carbons (Fsp3) is 0.562. The predicted molar refractivity (Wildman–Crippen MR) is 301 cm³/mol. The molecule has 5 nitrogen and oxygen atoms in total. The van der Waals surface area contributed by atoms with Crippen LogP contribution in [0.2, 0.25) is 0 Å². The van der Waals surface area contributed by atoms with Crippen LogP contribution in [0.1, 0.15) is 213 Å². The van der Waals surface area contributed by atoms with E-state index in [1.807, 2.05) is 0 Å². The van der Waals surface area contributed by atoms with Crippen molar-refractivity contribution < 1.29 is 24.2 Å². The minimum atomic E-state index is -0.806. The molecular weight excluding hydrogens is 849 g/mol. The first-order valence-corrected chi connectivity index (χ1v) is 27.5. The number of hydrogen-bond acceptors (Lipinski definition) is 5. The first kappa shape index (κ1) is 64.5. The zero-order chi connectivity index (χ0) is 49.9. The average molecular weight is 949 g/mol. The molecule has 5 heteroatoms. The highest BCUT2D eigenvalue weighted by atomic mass is 16.6. The number of esters is 2. The van der Waals surface area contributed by atoms with Crippen LogP contribution in [0.5, 0.6) is 0 Å². The molecule has 0 bridgehead atoms. The summed E-state index contributed by atoms with van der Waals surface area (Å²) >= 11 is 0. The number of allylic oxidation sites excluding steroid dienone is 26. The van der Waals surface area contributed by atoms with Crippen LogP contribution in [0.15, 0.2) is 158 Å². The van der Waals surface area contributed by atoms with Crippen LogP contribution in [-0.4, -0.2) is 36.4 Å². The van der Waals surface area contributed by atoms with Gasteiger partial charge in [0.05, 0.1) is 6.61 Å². The molecule has 0 saturated heterocycles. The summed E-state index contributed by atoms with van der Waals surface area (Å²) in [5, 5.41) is 9.63. The third-order valence-electron chi connectivity index (χ3n) is 11.1. The standard InChI is InChI=1S/C64H100O5/c1-3-5-7-9-11-13-15-17-19-21-23-24-25-26-27-28-29-30-31-32-33-34-35-36-37-38-39-40-41-43-45-47-49-51-53-55-57-59-64(67)69-62(60-65)61-68-63(66)58-56-54-52-50-48-46-44-42-22-20-18-16-14-12-10-8-6-4-2/h5,7,11,13-14,16-17,19-20,22-24,26-27,29-30,32-33,35-36,38-39,41,43,47,49,62,65H,3-4,6,8-10,12,15,18,21,25,28,31,34,37,40,42,44-46,48,50-61H2,1-2H3/b7-5-,13-11-,16-14-,19-17-,22-20-,24-23-,27-26-,30-29-,33-32-,36-35-,39-38-,43-41-,49-47-. The first-order chi connectivity index (χ1) is 34.1. The third kappa shape index (κ3) is 56.0. The van der Waals surface area contributed by atoms with Gasteiger partial charge in [0.2, 0.25) is 0 Å². The van der Waals surface area contributed by atoms with Gasteiger partial charge in [0.15, 0.2) is 6.10 Å². The molecule has 386 valence electrons. The van der Waals surface area contributed by atoms with Crippen molar-refractivity contribution in [3.05, 3.63) is 158 Å². The average Bonchev–Trinajstić information content (AvgIpc) is 3.35. The van der Waals surface area contributed by atoms with E-state index in [0.29, 0.717) is 12.8 Å². The van der Waals surface area contributed by atoms with Gasteiger partial charge in [0.1, 0.15) is 6.61 Å². The van der Waals surface area contributed by atoms with Gasteiger partial charge in [-0.05, 0) is 128 Å². The summed E-state index contributed by atoms with van der Waals surface area (Å²) in [7, 11) is 0. The van der Waals surface area contributed by atoms with E-state index in [0.717, 1.165) is 128 Å². The molecule has 0 radical (unpaired) electrons. The number of aliphatic hydroxyl groups is 1. The van der Waals surface area contributed by atoms with Gasteiger partial charge in [-0.3, -0.25) is 9.59 Å². The van der Waals surface area contributed by atoms with Crippen molar-refractivity contribution in [2.75, 3.05) is 13.2 Å². The van der Waals surface area contributed by atoms with Gasteiger partial charge >= 0.3 is 11.9 Å². The number of aliphatic hydroxyl groups excluding tert-OH is 1. The van der Waals surface area contributed by atoms with E-state index in [4.69, 9.17) is 9.47 Å². The zero-order valence-corrected chi connectivity index (χ0v) is 44.0. The van der Waals surface area contributed by atoms with Gasteiger partial charge in [-0.1, -0.05) is 230 Å². The molecule has 1 atom stereocenters. The van der Waals surface area contributed by atoms with Gasteiger partial charge in [-0.15, -0.1) is 0 Å². The molecule has 0 amide bonds. The molecule has 0 spiro atoms. The molecule has 0 aliphatic heterocycles. The van der Waals surface area contributed by atoms with E-state index >= 15 is 0 Å². The lowest BCUT2D eigenvalue weighted by molar-refractivity contribution is -0.161. The number of unbranched alkanes of at least 4 members (excludes halogenated alkanes) is 14. The summed E-state index contributed by atoms with van der Waals surface area (Å²) in [6.07, 6.45) is 89.1. The summed E-state index contributed by atoms with van der Waals surface area (Å²) in [5.74, 6) is -0.650. The van der Waals surface area contributed by atoms with Crippen LogP contribution in [0.4, 0.5) is 0 Å². The minimum Gasteiger partial charge on any atom is -0.462 e. The van der Waals surface area contributed by atoms with Crippen molar-refractivity contribution in [3.63, 3.8) is 0 Å². The molecule has 0 saturated carbocycles. The zero-order valence-electron chi connectivity index (χ0n) is 44.0. The third-order valence-corrected chi connectivity index (χ3v) is 11.1. The minimum absolute atomic E-state index is 0.0938. The summed E-state index contributed by atoms with van der Waals surface area (Å²) < 4.78 is 10.6. The lowest BCUT2D eigenvalue weighted by atomic mass is 10.1. The van der Waals surface area contributed by atoms with Gasteiger partial charge in [-0.25, -0.2) is 0 Å². The lowest BCUT2D eigenvalue weighted by Gasteiger charge is -2.15. The normalized spacial score (nSPS) is 13.5. The Balaban J connectivity index is 3.70. The molecule has 0 aromatic carbocycles. The van der Waals surface area contributed by atoms with Crippen molar-refractivity contribution in [2.24, 2.45) is 0 Å². The summed E-state index contributed by atoms with van der Waals surface area (Å²) in [6, 6.07) is 0. The fourth-order valence-electron chi connectivity index (χ4n) is 6.94. The molecular formula is C64H100O5. The number of rotatable bonds is 48. The van der Waals surface area contributed by atoms with Crippen molar-refractivity contribution in [2.45, 2.75) is 219 Å². The monoisotopic (exact) mass is 949 g/mol. The van der Waals surface area contributed by atoms with E-state index in [1.165, 1.54) is 57.8 Å². The number of ether oxygens (including phenoxy) is 2. The molecule has 1 unspecified atom stereocenters. The highest BCUT2D eigenvalue weighted by Crippen LogP contribution is 2.12. The SMILES string of the molecule is CC/C=C\C/C=C\C/C=C\C/C=C\C/C=C\C/C=C\C/C=C\C/C=C\C/C=C\C/C=C\C/C=C\CCCCCC(=O)OC(CO)COC(=O)CCCCCCCCC/C=C\C/C=C\CCCCCC. The number of hydrogen-bond donors (Lipinski definition) is 1. The highest BCUT2D eigenvalue weighted by molar-refractivity contribution is 5.70. The maximum Gasteiger partial charge on any atom is 0.306 e. The molecule has 0 aromatic rings. The molecule has 0 aliphatic rings. The molecule has 0 rings (SSSR count). The van der Waals surface area contributed by atoms with E-state index in [9.17, 15) is 14.7 Å². The van der Waals surface area contributed by atoms with E-state index in [-0.39, 0.29) is 25.2 Å². The highest BCUT2D eigenvalue weighted by Gasteiger charge is 2.16. The van der Waals surface area contributed by atoms with Crippen molar-refractivity contribution in [3.8, 4) is 0 Å². The second-order valence-corrected chi connectivity index (χ2v) is 17.6. The van der Waals surface area contributed by atoms with Crippen LogP contribution in [0.3, 0.4) is 0 Å². The summed E-state index contributed by atoms with van der Waals surface area (Å²) in [5.41, 5.74) is 0. The number of carbonyl (C=O) groups is 2. The fourth-order valence-corrected chi connectivity index (χ4v) is 6.94. The number of carbonyl (C=O) groups excluding carboxylic acids is 2. The molecule has 0 aromatic heterocycles. The van der Waals surface area contributed by atoms with Crippen molar-refractivity contribution in [1.29, 1.82) is 0 Å². The quantitative estimate of drug-likeness (QED) is 0.0374. The van der Waals surface area contributed by atoms with Gasteiger partial charge in [0, 0.05) is 12.8 Å². The second-order valence-electron chi connectivity index (χ2n) is 17.6. The van der Waals surface area contributed by atoms with Gasteiger partial charge in [-0.2, -0.15) is 0 Å². The van der Waals surface area contributed by atoms with Crippen LogP contribution < -0.4 is 0 Å². The molecule has 69 heavy (non-hydrogen) atoms. The Bertz CT molecular complexity index is 1540. The van der Waals surface area contributed by atoms with Crippen molar-refractivity contribution >= 4 is 11.9 Å². The summed E-state index contributed by atoms with van der Waals surface area (Å²) in [4.78, 5) is 24.5. The maximum absolute atomic E-state index is 12.3. The maximum atomic E-state index is 12.3. The Kier molecular flexibility index (Phi) is 54.1.